The minimum absolute atomic E-state index is 0.148. The first-order valence-corrected chi connectivity index (χ1v) is 11.2. The zero-order chi connectivity index (χ0) is 23.3. The van der Waals surface area contributed by atoms with Crippen LogP contribution in [0, 0.1) is 6.92 Å². The zero-order valence-electron chi connectivity index (χ0n) is 18.2. The molecule has 168 valence electrons. The lowest BCUT2D eigenvalue weighted by molar-refractivity contribution is -0.114. The maximum atomic E-state index is 12.4. The smallest absolute Gasteiger partial charge is 0.234 e. The van der Waals surface area contributed by atoms with Gasteiger partial charge in [-0.05, 0) is 43.7 Å². The van der Waals surface area contributed by atoms with Gasteiger partial charge in [-0.1, -0.05) is 41.6 Å². The van der Waals surface area contributed by atoms with Gasteiger partial charge in [-0.25, -0.2) is 0 Å². The lowest BCUT2D eigenvalue weighted by Crippen LogP contribution is -2.15. The lowest BCUT2D eigenvalue weighted by atomic mass is 10.2. The van der Waals surface area contributed by atoms with Gasteiger partial charge < -0.3 is 19.9 Å². The molecule has 0 spiro atoms. The summed E-state index contributed by atoms with van der Waals surface area (Å²) in [5.74, 6) is 0.964. The standard InChI is InChI=1S/C22H24ClN5O3S/c1-13-9-10-16(11-18(13)24-15(3)29)25-20(30)12-32-22-27-26-21(28(22)4)14(2)31-19-8-6-5-7-17(19)23/h5-11,14H,12H2,1-4H3,(H,24,29)(H,25,30). The number of benzene rings is 2. The van der Waals surface area contributed by atoms with E-state index < -0.39 is 0 Å². The normalized spacial score (nSPS) is 11.7. The van der Waals surface area contributed by atoms with Crippen molar-refractivity contribution in [1.29, 1.82) is 0 Å². The number of carbonyl (C=O) groups excluding carboxylic acids is 2. The summed E-state index contributed by atoms with van der Waals surface area (Å²) >= 11 is 7.42. The van der Waals surface area contributed by atoms with E-state index in [1.54, 1.807) is 28.8 Å². The Hall–Kier alpha value is -3.04. The summed E-state index contributed by atoms with van der Waals surface area (Å²) in [6.07, 6.45) is -0.379. The number of hydrogen-bond donors (Lipinski definition) is 2. The molecule has 1 heterocycles. The number of aryl methyl sites for hydroxylation is 1. The maximum Gasteiger partial charge on any atom is 0.234 e. The molecule has 0 saturated heterocycles. The van der Waals surface area contributed by atoms with Crippen molar-refractivity contribution in [2.75, 3.05) is 16.4 Å². The third-order valence-electron chi connectivity index (χ3n) is 4.54. The number of aromatic nitrogens is 3. The molecule has 32 heavy (non-hydrogen) atoms. The molecule has 1 atom stereocenters. The van der Waals surface area contributed by atoms with Crippen LogP contribution < -0.4 is 15.4 Å². The van der Waals surface area contributed by atoms with Crippen LogP contribution in [-0.4, -0.2) is 32.3 Å². The van der Waals surface area contributed by atoms with Gasteiger partial charge in [0.25, 0.3) is 0 Å². The van der Waals surface area contributed by atoms with E-state index in [4.69, 9.17) is 16.3 Å². The molecule has 3 aromatic rings. The third kappa shape index (κ3) is 6.02. The Bertz CT molecular complexity index is 1130. The Balaban J connectivity index is 1.59. The minimum atomic E-state index is -0.379. The quantitative estimate of drug-likeness (QED) is 0.464. The van der Waals surface area contributed by atoms with Crippen LogP contribution in [0.1, 0.15) is 31.3 Å². The molecule has 0 aliphatic heterocycles. The number of rotatable bonds is 8. The van der Waals surface area contributed by atoms with Crippen LogP contribution in [0.5, 0.6) is 5.75 Å². The minimum Gasteiger partial charge on any atom is -0.481 e. The highest BCUT2D eigenvalue weighted by Crippen LogP contribution is 2.29. The zero-order valence-corrected chi connectivity index (χ0v) is 19.8. The number of anilines is 2. The molecule has 0 radical (unpaired) electrons. The van der Waals surface area contributed by atoms with Crippen LogP contribution in [0.25, 0.3) is 0 Å². The van der Waals surface area contributed by atoms with E-state index in [1.165, 1.54) is 18.7 Å². The second-order valence-corrected chi connectivity index (χ2v) is 8.49. The summed E-state index contributed by atoms with van der Waals surface area (Å²) in [7, 11) is 1.82. The Morgan fingerprint density at radius 3 is 2.66 bits per heavy atom. The highest BCUT2D eigenvalue weighted by Gasteiger charge is 2.19. The number of ether oxygens (including phenoxy) is 1. The molecule has 2 amide bonds. The number of para-hydroxylation sites is 1. The van der Waals surface area contributed by atoms with Crippen molar-refractivity contribution in [3.63, 3.8) is 0 Å². The van der Waals surface area contributed by atoms with Gasteiger partial charge >= 0.3 is 0 Å². The van der Waals surface area contributed by atoms with Crippen molar-refractivity contribution in [3.05, 3.63) is 58.9 Å². The van der Waals surface area contributed by atoms with Crippen molar-refractivity contribution in [1.82, 2.24) is 14.8 Å². The van der Waals surface area contributed by atoms with Gasteiger partial charge in [0, 0.05) is 25.3 Å². The van der Waals surface area contributed by atoms with E-state index in [1.807, 2.05) is 39.1 Å². The van der Waals surface area contributed by atoms with E-state index in [2.05, 4.69) is 20.8 Å². The van der Waals surface area contributed by atoms with Crippen LogP contribution in [0.15, 0.2) is 47.6 Å². The maximum absolute atomic E-state index is 12.4. The van der Waals surface area contributed by atoms with E-state index in [-0.39, 0.29) is 23.7 Å². The Morgan fingerprint density at radius 1 is 1.19 bits per heavy atom. The van der Waals surface area contributed by atoms with Gasteiger partial charge in [0.1, 0.15) is 5.75 Å². The van der Waals surface area contributed by atoms with E-state index in [9.17, 15) is 9.59 Å². The fourth-order valence-electron chi connectivity index (χ4n) is 2.94. The van der Waals surface area contributed by atoms with Gasteiger partial charge in [0.2, 0.25) is 11.8 Å². The molecule has 0 bridgehead atoms. The first-order chi connectivity index (χ1) is 15.2. The van der Waals surface area contributed by atoms with Gasteiger partial charge in [-0.15, -0.1) is 10.2 Å². The van der Waals surface area contributed by atoms with E-state index in [0.29, 0.717) is 33.1 Å². The Kier molecular flexibility index (Phi) is 7.76. The molecule has 2 N–H and O–H groups in total. The average molecular weight is 474 g/mol. The van der Waals surface area contributed by atoms with Crippen molar-refractivity contribution < 1.29 is 14.3 Å². The first kappa shape index (κ1) is 23.6. The molecule has 0 saturated carbocycles. The summed E-state index contributed by atoms with van der Waals surface area (Å²) in [6, 6.07) is 12.6. The number of carbonyl (C=O) groups is 2. The number of nitrogens with zero attached hydrogens (tertiary/aromatic N) is 3. The molecule has 2 aromatic carbocycles. The first-order valence-electron chi connectivity index (χ1n) is 9.86. The highest BCUT2D eigenvalue weighted by molar-refractivity contribution is 7.99. The summed E-state index contributed by atoms with van der Waals surface area (Å²) in [6.45, 7) is 5.18. The van der Waals surface area contributed by atoms with E-state index >= 15 is 0 Å². The summed E-state index contributed by atoms with van der Waals surface area (Å²) < 4.78 is 7.70. The SMILES string of the molecule is CC(=O)Nc1cc(NC(=O)CSc2nnc(C(C)Oc3ccccc3Cl)n2C)ccc1C. The third-order valence-corrected chi connectivity index (χ3v) is 5.87. The number of halogens is 1. The Morgan fingerprint density at radius 2 is 1.94 bits per heavy atom. The van der Waals surface area contributed by atoms with Crippen molar-refractivity contribution in [3.8, 4) is 5.75 Å². The molecule has 1 aromatic heterocycles. The Labute approximate surface area is 195 Å². The van der Waals surface area contributed by atoms with Gasteiger partial charge in [0.05, 0.1) is 10.8 Å². The number of thioether (sulfide) groups is 1. The van der Waals surface area contributed by atoms with Crippen LogP contribution in [-0.2, 0) is 16.6 Å². The second kappa shape index (κ2) is 10.5. The lowest BCUT2D eigenvalue weighted by Gasteiger charge is -2.15. The van der Waals surface area contributed by atoms with Crippen molar-refractivity contribution in [2.24, 2.45) is 7.05 Å². The molecule has 10 heteroatoms. The molecule has 0 aliphatic rings. The number of hydrogen-bond acceptors (Lipinski definition) is 6. The van der Waals surface area contributed by atoms with Crippen molar-refractivity contribution >= 4 is 46.6 Å². The summed E-state index contributed by atoms with van der Waals surface area (Å²) in [4.78, 5) is 23.7. The second-order valence-electron chi connectivity index (χ2n) is 7.14. The molecular weight excluding hydrogens is 450 g/mol. The summed E-state index contributed by atoms with van der Waals surface area (Å²) in [5.41, 5.74) is 2.17. The van der Waals surface area contributed by atoms with Gasteiger partial charge in [0.15, 0.2) is 17.1 Å². The average Bonchev–Trinajstić information content (AvgIpc) is 3.11. The van der Waals surface area contributed by atoms with Crippen LogP contribution in [0.4, 0.5) is 11.4 Å². The topological polar surface area (TPSA) is 98.1 Å². The summed E-state index contributed by atoms with van der Waals surface area (Å²) in [5, 5.41) is 15.1. The molecule has 0 aliphatic carbocycles. The van der Waals surface area contributed by atoms with Crippen LogP contribution in [0.3, 0.4) is 0 Å². The van der Waals surface area contributed by atoms with Gasteiger partial charge in [-0.3, -0.25) is 9.59 Å². The number of nitrogens with one attached hydrogen (secondary N) is 2. The number of amides is 2. The fraction of sp³-hybridized carbons (Fsp3) is 0.273. The van der Waals surface area contributed by atoms with Crippen molar-refractivity contribution in [2.45, 2.75) is 32.0 Å². The predicted octanol–water partition coefficient (Wildman–Crippen LogP) is 4.61. The van der Waals surface area contributed by atoms with E-state index in [0.717, 1.165) is 5.56 Å². The molecule has 1 unspecified atom stereocenters. The monoisotopic (exact) mass is 473 g/mol. The highest BCUT2D eigenvalue weighted by atomic mass is 35.5. The molecule has 8 nitrogen and oxygen atoms in total. The fourth-order valence-corrected chi connectivity index (χ4v) is 3.84. The predicted molar refractivity (Wildman–Crippen MR) is 126 cm³/mol. The van der Waals surface area contributed by atoms with Crippen LogP contribution in [0.2, 0.25) is 5.02 Å². The molecule has 3 rings (SSSR count). The van der Waals surface area contributed by atoms with Gasteiger partial charge in [-0.2, -0.15) is 0 Å². The van der Waals surface area contributed by atoms with Crippen LogP contribution >= 0.6 is 23.4 Å². The largest absolute Gasteiger partial charge is 0.481 e. The molecule has 0 fully saturated rings. The molecular formula is C22H24ClN5O3S.